The molecule has 0 saturated carbocycles. The normalized spacial score (nSPS) is 16.8. The van der Waals surface area contributed by atoms with E-state index in [4.69, 9.17) is 0 Å². The summed E-state index contributed by atoms with van der Waals surface area (Å²) >= 11 is 0. The number of rotatable bonds is 6. The predicted molar refractivity (Wildman–Crippen MR) is 125 cm³/mol. The van der Waals surface area contributed by atoms with Gasteiger partial charge >= 0.3 is 0 Å². The number of aromatic amines is 1. The van der Waals surface area contributed by atoms with Gasteiger partial charge in [0.05, 0.1) is 17.7 Å². The minimum Gasteiger partial charge on any atom is -0.341 e. The summed E-state index contributed by atoms with van der Waals surface area (Å²) in [6.45, 7) is 6.14. The maximum atomic E-state index is 13.5. The summed E-state index contributed by atoms with van der Waals surface area (Å²) < 4.78 is 0. The summed E-state index contributed by atoms with van der Waals surface area (Å²) in [6, 6.07) is 18.5. The van der Waals surface area contributed by atoms with Gasteiger partial charge < -0.3 is 9.80 Å². The fourth-order valence-electron chi connectivity index (χ4n) is 4.47. The van der Waals surface area contributed by atoms with E-state index in [0.717, 1.165) is 28.8 Å². The molecule has 1 atom stereocenters. The molecule has 1 N–H and O–H groups in total. The van der Waals surface area contributed by atoms with Crippen LogP contribution in [0, 0.1) is 12.8 Å². The van der Waals surface area contributed by atoms with E-state index in [1.54, 1.807) is 6.20 Å². The number of nitrogens with zero attached hydrogens (tertiary/aromatic N) is 3. The second kappa shape index (κ2) is 9.81. The molecule has 0 bridgehead atoms. The minimum absolute atomic E-state index is 0.0660. The summed E-state index contributed by atoms with van der Waals surface area (Å²) in [4.78, 5) is 30.4. The number of H-pyrrole nitrogens is 1. The molecule has 4 rings (SSSR count). The average molecular weight is 431 g/mol. The zero-order valence-corrected chi connectivity index (χ0v) is 18.8. The number of hydrogen-bond donors (Lipinski definition) is 1. The summed E-state index contributed by atoms with van der Waals surface area (Å²) in [7, 11) is 0. The van der Waals surface area contributed by atoms with Crippen molar-refractivity contribution >= 4 is 11.8 Å². The lowest BCUT2D eigenvalue weighted by Crippen LogP contribution is -2.38. The maximum Gasteiger partial charge on any atom is 0.257 e. The first-order valence-electron chi connectivity index (χ1n) is 11.3. The fraction of sp³-hybridized carbons (Fsp3) is 0.346. The van der Waals surface area contributed by atoms with Crippen LogP contribution in [0.4, 0.5) is 0 Å². The van der Waals surface area contributed by atoms with Gasteiger partial charge in [0.2, 0.25) is 5.91 Å². The number of hydrogen-bond acceptors (Lipinski definition) is 3. The zero-order valence-electron chi connectivity index (χ0n) is 18.8. The van der Waals surface area contributed by atoms with Crippen molar-refractivity contribution in [1.29, 1.82) is 0 Å². The summed E-state index contributed by atoms with van der Waals surface area (Å²) in [5.41, 5.74) is 4.72. The Kier molecular flexibility index (Phi) is 6.69. The SMILES string of the molecule is CCCN1CCN(C(=O)c2cn[nH]c2C)CC(Cc2ccccc2-c2ccccc2)C1=O. The Hall–Kier alpha value is -3.41. The maximum absolute atomic E-state index is 13.5. The van der Waals surface area contributed by atoms with Crippen molar-refractivity contribution in [1.82, 2.24) is 20.0 Å². The second-order valence-electron chi connectivity index (χ2n) is 8.41. The third kappa shape index (κ3) is 4.59. The lowest BCUT2D eigenvalue weighted by Gasteiger charge is -2.24. The molecule has 3 aromatic rings. The number of carbonyl (C=O) groups is 2. The van der Waals surface area contributed by atoms with Gasteiger partial charge in [0.25, 0.3) is 5.91 Å². The minimum atomic E-state index is -0.287. The molecule has 0 spiro atoms. The Morgan fingerprint density at radius 3 is 2.56 bits per heavy atom. The summed E-state index contributed by atoms with van der Waals surface area (Å²) in [5.74, 6) is -0.220. The Morgan fingerprint density at radius 2 is 1.84 bits per heavy atom. The molecule has 2 heterocycles. The van der Waals surface area contributed by atoms with Crippen LogP contribution in [0.15, 0.2) is 60.8 Å². The van der Waals surface area contributed by atoms with Crippen LogP contribution in [-0.4, -0.2) is 58.0 Å². The lowest BCUT2D eigenvalue weighted by atomic mass is 9.91. The van der Waals surface area contributed by atoms with Gasteiger partial charge in [0, 0.05) is 31.9 Å². The van der Waals surface area contributed by atoms with Crippen LogP contribution in [0.25, 0.3) is 11.1 Å². The second-order valence-corrected chi connectivity index (χ2v) is 8.41. The van der Waals surface area contributed by atoms with E-state index in [-0.39, 0.29) is 17.7 Å². The van der Waals surface area contributed by atoms with E-state index in [1.807, 2.05) is 47.1 Å². The molecule has 0 aliphatic carbocycles. The molecule has 2 amide bonds. The van der Waals surface area contributed by atoms with Crippen molar-refractivity contribution in [3.8, 4) is 11.1 Å². The quantitative estimate of drug-likeness (QED) is 0.644. The van der Waals surface area contributed by atoms with Gasteiger partial charge in [-0.15, -0.1) is 0 Å². The van der Waals surface area contributed by atoms with Crippen LogP contribution in [-0.2, 0) is 11.2 Å². The molecule has 6 nitrogen and oxygen atoms in total. The number of amides is 2. The molecule has 0 radical (unpaired) electrons. The van der Waals surface area contributed by atoms with Crippen molar-refractivity contribution in [2.45, 2.75) is 26.7 Å². The van der Waals surface area contributed by atoms with E-state index < -0.39 is 0 Å². The van der Waals surface area contributed by atoms with Crippen LogP contribution in [0.5, 0.6) is 0 Å². The molecule has 6 heteroatoms. The van der Waals surface area contributed by atoms with Gasteiger partial charge in [0.1, 0.15) is 0 Å². The Labute approximate surface area is 189 Å². The molecule has 1 aromatic heterocycles. The van der Waals surface area contributed by atoms with Crippen LogP contribution in [0.2, 0.25) is 0 Å². The highest BCUT2D eigenvalue weighted by Gasteiger charge is 2.33. The van der Waals surface area contributed by atoms with Crippen molar-refractivity contribution in [3.63, 3.8) is 0 Å². The van der Waals surface area contributed by atoms with Crippen LogP contribution < -0.4 is 0 Å². The number of benzene rings is 2. The molecular weight excluding hydrogens is 400 g/mol. The number of nitrogens with one attached hydrogen (secondary N) is 1. The molecule has 1 aliphatic heterocycles. The molecule has 1 saturated heterocycles. The molecule has 32 heavy (non-hydrogen) atoms. The molecule has 166 valence electrons. The van der Waals surface area contributed by atoms with Gasteiger partial charge in [-0.25, -0.2) is 0 Å². The van der Waals surface area contributed by atoms with Crippen molar-refractivity contribution < 1.29 is 9.59 Å². The van der Waals surface area contributed by atoms with Gasteiger partial charge in [-0.05, 0) is 36.5 Å². The van der Waals surface area contributed by atoms with Gasteiger partial charge in [-0.1, -0.05) is 61.5 Å². The van der Waals surface area contributed by atoms with Gasteiger partial charge in [-0.2, -0.15) is 5.10 Å². The first kappa shape index (κ1) is 21.8. The van der Waals surface area contributed by atoms with E-state index >= 15 is 0 Å². The number of carbonyl (C=O) groups excluding carboxylic acids is 2. The van der Waals surface area contributed by atoms with Crippen LogP contribution >= 0.6 is 0 Å². The standard InChI is InChI=1S/C26H30N4O2/c1-3-13-29-14-15-30(26(32)24-17-27-28-19(24)2)18-22(25(29)31)16-21-11-7-8-12-23(21)20-9-5-4-6-10-20/h4-12,17,22H,3,13-16,18H2,1-2H3,(H,27,28). The molecule has 1 aliphatic rings. The van der Waals surface area contributed by atoms with E-state index in [0.29, 0.717) is 38.2 Å². The molecule has 1 unspecified atom stereocenters. The van der Waals surface area contributed by atoms with E-state index in [2.05, 4.69) is 41.4 Å². The number of aryl methyl sites for hydroxylation is 1. The van der Waals surface area contributed by atoms with Crippen LogP contribution in [0.1, 0.15) is 35.0 Å². The van der Waals surface area contributed by atoms with Crippen molar-refractivity contribution in [2.24, 2.45) is 5.92 Å². The largest absolute Gasteiger partial charge is 0.341 e. The highest BCUT2D eigenvalue weighted by atomic mass is 16.2. The highest BCUT2D eigenvalue weighted by molar-refractivity contribution is 5.95. The monoisotopic (exact) mass is 430 g/mol. The topological polar surface area (TPSA) is 69.3 Å². The third-order valence-electron chi connectivity index (χ3n) is 6.15. The lowest BCUT2D eigenvalue weighted by molar-refractivity contribution is -0.134. The fourth-order valence-corrected chi connectivity index (χ4v) is 4.47. The average Bonchev–Trinajstić information content (AvgIpc) is 3.19. The zero-order chi connectivity index (χ0) is 22.5. The summed E-state index contributed by atoms with van der Waals surface area (Å²) in [6.07, 6.45) is 3.07. The Bertz CT molecular complexity index is 1080. The van der Waals surface area contributed by atoms with E-state index in [1.165, 1.54) is 0 Å². The Morgan fingerprint density at radius 1 is 1.09 bits per heavy atom. The molecule has 1 fully saturated rings. The van der Waals surface area contributed by atoms with Crippen molar-refractivity contribution in [2.75, 3.05) is 26.2 Å². The third-order valence-corrected chi connectivity index (χ3v) is 6.15. The number of aromatic nitrogens is 2. The first-order chi connectivity index (χ1) is 15.6. The predicted octanol–water partition coefficient (Wildman–Crippen LogP) is 3.94. The first-order valence-corrected chi connectivity index (χ1v) is 11.3. The highest BCUT2D eigenvalue weighted by Crippen LogP contribution is 2.27. The molecule has 2 aromatic carbocycles. The van der Waals surface area contributed by atoms with Gasteiger partial charge in [-0.3, -0.25) is 14.7 Å². The van der Waals surface area contributed by atoms with E-state index in [9.17, 15) is 9.59 Å². The smallest absolute Gasteiger partial charge is 0.257 e. The van der Waals surface area contributed by atoms with Crippen molar-refractivity contribution in [3.05, 3.63) is 77.6 Å². The Balaban J connectivity index is 1.64. The van der Waals surface area contributed by atoms with Crippen LogP contribution in [0.3, 0.4) is 0 Å². The van der Waals surface area contributed by atoms with Gasteiger partial charge in [0.15, 0.2) is 0 Å². The molecular formula is C26H30N4O2. The summed E-state index contributed by atoms with van der Waals surface area (Å²) in [5, 5.41) is 6.85.